The van der Waals surface area contributed by atoms with Crippen LogP contribution in [0.2, 0.25) is 5.02 Å². The van der Waals surface area contributed by atoms with Crippen LogP contribution in [-0.2, 0) is 0 Å². The summed E-state index contributed by atoms with van der Waals surface area (Å²) in [5.74, 6) is 0.410. The Labute approximate surface area is 104 Å². The molecule has 88 valence electrons. The summed E-state index contributed by atoms with van der Waals surface area (Å²) in [5, 5.41) is 3.72. The number of anilines is 2. The molecule has 0 heterocycles. The zero-order valence-corrected chi connectivity index (χ0v) is 9.96. The summed E-state index contributed by atoms with van der Waals surface area (Å²) in [6.07, 6.45) is 0. The van der Waals surface area contributed by atoms with Crippen LogP contribution in [0.1, 0.15) is 0 Å². The third-order valence-corrected chi connectivity index (χ3v) is 2.52. The number of ether oxygens (including phenoxy) is 1. The fourth-order valence-corrected chi connectivity index (χ4v) is 1.64. The SMILES string of the molecule is COc1ccc(Cl)cc1Nc1ccc(F)cc1. The summed E-state index contributed by atoms with van der Waals surface area (Å²) < 4.78 is 18.0. The molecule has 0 atom stereocenters. The smallest absolute Gasteiger partial charge is 0.142 e. The second-order valence-electron chi connectivity index (χ2n) is 3.48. The van der Waals surface area contributed by atoms with Gasteiger partial charge < -0.3 is 10.1 Å². The van der Waals surface area contributed by atoms with Crippen molar-refractivity contribution in [1.29, 1.82) is 0 Å². The quantitative estimate of drug-likeness (QED) is 0.881. The Balaban J connectivity index is 2.28. The van der Waals surface area contributed by atoms with E-state index in [1.807, 2.05) is 0 Å². The van der Waals surface area contributed by atoms with Crippen molar-refractivity contribution >= 4 is 23.0 Å². The second-order valence-corrected chi connectivity index (χ2v) is 3.91. The molecule has 0 saturated heterocycles. The highest BCUT2D eigenvalue weighted by atomic mass is 35.5. The Bertz CT molecular complexity index is 513. The maximum atomic E-state index is 12.8. The average molecular weight is 252 g/mol. The highest BCUT2D eigenvalue weighted by Crippen LogP contribution is 2.30. The van der Waals surface area contributed by atoms with E-state index in [9.17, 15) is 4.39 Å². The van der Waals surface area contributed by atoms with Crippen molar-refractivity contribution in [3.8, 4) is 5.75 Å². The summed E-state index contributed by atoms with van der Waals surface area (Å²) in [6, 6.07) is 11.3. The normalized spacial score (nSPS) is 10.1. The lowest BCUT2D eigenvalue weighted by atomic mass is 10.2. The molecule has 0 amide bonds. The van der Waals surface area contributed by atoms with Gasteiger partial charge in [0.05, 0.1) is 12.8 Å². The molecule has 0 unspecified atom stereocenters. The van der Waals surface area contributed by atoms with E-state index in [0.29, 0.717) is 10.8 Å². The third-order valence-electron chi connectivity index (χ3n) is 2.28. The van der Waals surface area contributed by atoms with Crippen LogP contribution in [0.3, 0.4) is 0 Å². The Morgan fingerprint density at radius 3 is 2.47 bits per heavy atom. The van der Waals surface area contributed by atoms with Gasteiger partial charge in [-0.1, -0.05) is 11.6 Å². The van der Waals surface area contributed by atoms with Gasteiger partial charge in [-0.3, -0.25) is 0 Å². The summed E-state index contributed by atoms with van der Waals surface area (Å²) in [6.45, 7) is 0. The minimum Gasteiger partial charge on any atom is -0.495 e. The number of benzene rings is 2. The Kier molecular flexibility index (Phi) is 3.49. The van der Waals surface area contributed by atoms with Crippen molar-refractivity contribution in [2.24, 2.45) is 0 Å². The molecule has 2 nitrogen and oxygen atoms in total. The first-order valence-corrected chi connectivity index (χ1v) is 5.43. The van der Waals surface area contributed by atoms with Crippen molar-refractivity contribution in [2.75, 3.05) is 12.4 Å². The monoisotopic (exact) mass is 251 g/mol. The Hall–Kier alpha value is -1.74. The number of nitrogens with one attached hydrogen (secondary N) is 1. The predicted molar refractivity (Wildman–Crippen MR) is 67.7 cm³/mol. The van der Waals surface area contributed by atoms with Crippen LogP contribution in [-0.4, -0.2) is 7.11 Å². The molecule has 0 radical (unpaired) electrons. The minimum atomic E-state index is -0.270. The van der Waals surface area contributed by atoms with Gasteiger partial charge in [0.25, 0.3) is 0 Å². The molecule has 2 aromatic rings. The van der Waals surface area contributed by atoms with Gasteiger partial charge in [-0.25, -0.2) is 4.39 Å². The fourth-order valence-electron chi connectivity index (χ4n) is 1.47. The first kappa shape index (κ1) is 11.7. The molecule has 0 saturated carbocycles. The molecule has 0 aliphatic carbocycles. The molecule has 0 fully saturated rings. The molecule has 1 N–H and O–H groups in total. The lowest BCUT2D eigenvalue weighted by Crippen LogP contribution is -1.94. The van der Waals surface area contributed by atoms with E-state index in [1.165, 1.54) is 12.1 Å². The fraction of sp³-hybridized carbons (Fsp3) is 0.0769. The molecule has 0 bridgehead atoms. The average Bonchev–Trinajstić information content (AvgIpc) is 2.32. The zero-order chi connectivity index (χ0) is 12.3. The second kappa shape index (κ2) is 5.06. The van der Waals surface area contributed by atoms with E-state index >= 15 is 0 Å². The highest BCUT2D eigenvalue weighted by Gasteiger charge is 2.04. The van der Waals surface area contributed by atoms with Crippen molar-refractivity contribution in [3.05, 3.63) is 53.3 Å². The van der Waals surface area contributed by atoms with Crippen LogP contribution in [0.4, 0.5) is 15.8 Å². The molecule has 4 heteroatoms. The van der Waals surface area contributed by atoms with Crippen LogP contribution in [0, 0.1) is 5.82 Å². The van der Waals surface area contributed by atoms with E-state index in [2.05, 4.69) is 5.32 Å². The zero-order valence-electron chi connectivity index (χ0n) is 9.21. The van der Waals surface area contributed by atoms with Crippen molar-refractivity contribution in [2.45, 2.75) is 0 Å². The Morgan fingerprint density at radius 1 is 1.12 bits per heavy atom. The molecule has 2 aromatic carbocycles. The number of hydrogen-bond acceptors (Lipinski definition) is 2. The van der Waals surface area contributed by atoms with Gasteiger partial charge in [0.1, 0.15) is 11.6 Å². The van der Waals surface area contributed by atoms with Crippen LogP contribution in [0.5, 0.6) is 5.75 Å². The van der Waals surface area contributed by atoms with Gasteiger partial charge in [0.15, 0.2) is 0 Å². The van der Waals surface area contributed by atoms with Crippen LogP contribution >= 0.6 is 11.6 Å². The molecule has 0 aliphatic heterocycles. The first-order valence-electron chi connectivity index (χ1n) is 5.05. The maximum Gasteiger partial charge on any atom is 0.142 e. The highest BCUT2D eigenvalue weighted by molar-refractivity contribution is 6.31. The van der Waals surface area contributed by atoms with Gasteiger partial charge >= 0.3 is 0 Å². The summed E-state index contributed by atoms with van der Waals surface area (Å²) in [5.41, 5.74) is 1.51. The topological polar surface area (TPSA) is 21.3 Å². The molecular formula is C13H11ClFNO. The Morgan fingerprint density at radius 2 is 1.82 bits per heavy atom. The summed E-state index contributed by atoms with van der Waals surface area (Å²) in [4.78, 5) is 0. The molecular weight excluding hydrogens is 241 g/mol. The molecule has 0 aromatic heterocycles. The van der Waals surface area contributed by atoms with Crippen molar-refractivity contribution in [1.82, 2.24) is 0 Å². The predicted octanol–water partition coefficient (Wildman–Crippen LogP) is 4.23. The van der Waals surface area contributed by atoms with Gasteiger partial charge in [-0.05, 0) is 42.5 Å². The third kappa shape index (κ3) is 2.88. The van der Waals surface area contributed by atoms with Crippen LogP contribution in [0.15, 0.2) is 42.5 Å². The van der Waals surface area contributed by atoms with Crippen LogP contribution < -0.4 is 10.1 Å². The van der Waals surface area contributed by atoms with E-state index in [1.54, 1.807) is 37.4 Å². The van der Waals surface area contributed by atoms with Gasteiger partial charge in [0, 0.05) is 10.7 Å². The molecule has 2 rings (SSSR count). The van der Waals surface area contributed by atoms with Gasteiger partial charge in [-0.15, -0.1) is 0 Å². The van der Waals surface area contributed by atoms with E-state index in [0.717, 1.165) is 11.4 Å². The van der Waals surface area contributed by atoms with Gasteiger partial charge in [-0.2, -0.15) is 0 Å². The molecule has 0 aliphatic rings. The lowest BCUT2D eigenvalue weighted by molar-refractivity contribution is 0.417. The molecule has 17 heavy (non-hydrogen) atoms. The standard InChI is InChI=1S/C13H11ClFNO/c1-17-13-7-2-9(14)8-12(13)16-11-5-3-10(15)4-6-11/h2-8,16H,1H3. The van der Waals surface area contributed by atoms with Crippen LogP contribution in [0.25, 0.3) is 0 Å². The van der Waals surface area contributed by atoms with Gasteiger partial charge in [0.2, 0.25) is 0 Å². The maximum absolute atomic E-state index is 12.8. The number of hydrogen-bond donors (Lipinski definition) is 1. The lowest BCUT2D eigenvalue weighted by Gasteiger charge is -2.11. The minimum absolute atomic E-state index is 0.270. The number of halogens is 2. The number of methoxy groups -OCH3 is 1. The van der Waals surface area contributed by atoms with E-state index in [-0.39, 0.29) is 5.82 Å². The van der Waals surface area contributed by atoms with E-state index < -0.39 is 0 Å². The largest absolute Gasteiger partial charge is 0.495 e. The van der Waals surface area contributed by atoms with Crippen molar-refractivity contribution < 1.29 is 9.13 Å². The van der Waals surface area contributed by atoms with E-state index in [4.69, 9.17) is 16.3 Å². The first-order chi connectivity index (χ1) is 8.19. The van der Waals surface area contributed by atoms with Crippen molar-refractivity contribution in [3.63, 3.8) is 0 Å². The summed E-state index contributed by atoms with van der Waals surface area (Å²) in [7, 11) is 1.58. The molecule has 0 spiro atoms. The summed E-state index contributed by atoms with van der Waals surface area (Å²) >= 11 is 5.91. The number of rotatable bonds is 3.